The molecule has 0 aromatic heterocycles. The van der Waals surface area contributed by atoms with Crippen LogP contribution in [0.25, 0.3) is 6.08 Å². The molecule has 0 heterocycles. The predicted molar refractivity (Wildman–Crippen MR) is 125 cm³/mol. The molecule has 0 unspecified atom stereocenters. The monoisotopic (exact) mass is 443 g/mol. The number of carbonyl (C=O) groups excluding carboxylic acids is 2. The van der Waals surface area contributed by atoms with Crippen molar-refractivity contribution in [3.8, 4) is 11.8 Å². The average Bonchev–Trinajstić information content (AvgIpc) is 2.81. The number of nitrogens with zero attached hydrogens (tertiary/aromatic N) is 1. The molecule has 7 heteroatoms. The molecule has 0 saturated carbocycles. The van der Waals surface area contributed by atoms with E-state index in [2.05, 4.69) is 10.6 Å². The lowest BCUT2D eigenvalue weighted by atomic mass is 10.1. The quantitative estimate of drug-likeness (QED) is 0.397. The summed E-state index contributed by atoms with van der Waals surface area (Å²) in [6.07, 6.45) is 1.44. The Balaban J connectivity index is 1.66. The Kier molecular flexibility index (Phi) is 7.55. The molecule has 6 nitrogen and oxygen atoms in total. The number of aryl methyl sites for hydroxylation is 1. The van der Waals surface area contributed by atoms with E-state index < -0.39 is 17.6 Å². The Morgan fingerprint density at radius 2 is 1.73 bits per heavy atom. The highest BCUT2D eigenvalue weighted by Gasteiger charge is 2.12. The van der Waals surface area contributed by atoms with E-state index in [9.17, 15) is 19.2 Å². The molecule has 0 aliphatic carbocycles. The van der Waals surface area contributed by atoms with Gasteiger partial charge in [0.2, 0.25) is 0 Å². The molecule has 166 valence electrons. The zero-order valence-electron chi connectivity index (χ0n) is 18.2. The number of nitrogens with one attached hydrogen (secondary N) is 2. The van der Waals surface area contributed by atoms with Gasteiger partial charge in [0.1, 0.15) is 23.2 Å². The first-order valence-electron chi connectivity index (χ1n) is 10.1. The molecule has 0 bridgehead atoms. The number of halogens is 1. The second kappa shape index (κ2) is 10.7. The van der Waals surface area contributed by atoms with Gasteiger partial charge in [-0.25, -0.2) is 4.39 Å². The molecule has 0 atom stereocenters. The van der Waals surface area contributed by atoms with Crippen molar-refractivity contribution in [2.24, 2.45) is 0 Å². The minimum atomic E-state index is -0.541. The fourth-order valence-corrected chi connectivity index (χ4v) is 2.98. The minimum Gasteiger partial charge on any atom is -0.484 e. The van der Waals surface area contributed by atoms with Gasteiger partial charge in [0, 0.05) is 5.69 Å². The van der Waals surface area contributed by atoms with Crippen molar-refractivity contribution >= 4 is 29.3 Å². The number of hydrogen-bond acceptors (Lipinski definition) is 4. The van der Waals surface area contributed by atoms with E-state index in [4.69, 9.17) is 4.74 Å². The second-order valence-electron chi connectivity index (χ2n) is 7.26. The van der Waals surface area contributed by atoms with Crippen molar-refractivity contribution in [3.05, 3.63) is 94.8 Å². The van der Waals surface area contributed by atoms with E-state index in [1.807, 2.05) is 32.0 Å². The summed E-state index contributed by atoms with van der Waals surface area (Å²) in [6, 6.07) is 19.9. The Bertz CT molecular complexity index is 1260. The summed E-state index contributed by atoms with van der Waals surface area (Å²) in [5, 5.41) is 14.7. The number of benzene rings is 3. The van der Waals surface area contributed by atoms with Crippen LogP contribution in [0.2, 0.25) is 0 Å². The normalized spacial score (nSPS) is 10.8. The summed E-state index contributed by atoms with van der Waals surface area (Å²) in [6.45, 7) is 3.50. The van der Waals surface area contributed by atoms with Gasteiger partial charge in [-0.3, -0.25) is 9.59 Å². The van der Waals surface area contributed by atoms with Crippen molar-refractivity contribution in [3.63, 3.8) is 0 Å². The maximum atomic E-state index is 13.6. The van der Waals surface area contributed by atoms with Crippen LogP contribution in [0.3, 0.4) is 0 Å². The van der Waals surface area contributed by atoms with E-state index in [1.54, 1.807) is 36.4 Å². The van der Waals surface area contributed by atoms with Crippen LogP contribution < -0.4 is 15.4 Å². The van der Waals surface area contributed by atoms with Crippen molar-refractivity contribution in [1.82, 2.24) is 0 Å². The van der Waals surface area contributed by atoms with Crippen molar-refractivity contribution in [2.45, 2.75) is 13.8 Å². The van der Waals surface area contributed by atoms with Crippen LogP contribution in [0.4, 0.5) is 15.8 Å². The van der Waals surface area contributed by atoms with E-state index in [0.717, 1.165) is 11.1 Å². The lowest BCUT2D eigenvalue weighted by Gasteiger charge is -2.10. The van der Waals surface area contributed by atoms with E-state index in [1.165, 1.54) is 24.3 Å². The van der Waals surface area contributed by atoms with E-state index in [-0.39, 0.29) is 17.9 Å². The molecule has 2 N–H and O–H groups in total. The zero-order valence-corrected chi connectivity index (χ0v) is 18.2. The van der Waals surface area contributed by atoms with Gasteiger partial charge in [0.25, 0.3) is 11.8 Å². The Morgan fingerprint density at radius 3 is 2.48 bits per heavy atom. The molecule has 0 fully saturated rings. The zero-order chi connectivity index (χ0) is 23.8. The SMILES string of the molecule is Cc1cccc(NC(=O)C(C#N)=Cc2cccc(OCC(=O)Nc3ccccc3F)c2)c1C. The van der Waals surface area contributed by atoms with Crippen LogP contribution in [-0.4, -0.2) is 18.4 Å². The molecular weight excluding hydrogens is 421 g/mol. The molecule has 0 aliphatic heterocycles. The largest absolute Gasteiger partial charge is 0.484 e. The van der Waals surface area contributed by atoms with Gasteiger partial charge in [-0.2, -0.15) is 5.26 Å². The number of rotatable bonds is 7. The molecule has 3 rings (SSSR count). The van der Waals surface area contributed by atoms with Gasteiger partial charge >= 0.3 is 0 Å². The molecular formula is C26H22FN3O3. The first kappa shape index (κ1) is 23.2. The number of amides is 2. The summed E-state index contributed by atoms with van der Waals surface area (Å²) >= 11 is 0. The number of anilines is 2. The van der Waals surface area contributed by atoms with Crippen LogP contribution in [0.15, 0.2) is 72.3 Å². The summed E-state index contributed by atoms with van der Waals surface area (Å²) in [5.41, 5.74) is 3.13. The number of para-hydroxylation sites is 1. The Hall–Kier alpha value is -4.44. The molecule has 0 spiro atoms. The van der Waals surface area contributed by atoms with E-state index in [0.29, 0.717) is 17.0 Å². The van der Waals surface area contributed by atoms with Gasteiger partial charge in [-0.15, -0.1) is 0 Å². The van der Waals surface area contributed by atoms with Crippen LogP contribution >= 0.6 is 0 Å². The molecule has 0 radical (unpaired) electrons. The van der Waals surface area contributed by atoms with Gasteiger partial charge in [-0.05, 0) is 66.9 Å². The van der Waals surface area contributed by atoms with Crippen LogP contribution in [0.1, 0.15) is 16.7 Å². The third kappa shape index (κ3) is 6.28. The average molecular weight is 443 g/mol. The summed E-state index contributed by atoms with van der Waals surface area (Å²) < 4.78 is 19.1. The van der Waals surface area contributed by atoms with Crippen molar-refractivity contribution < 1.29 is 18.7 Å². The number of nitriles is 1. The van der Waals surface area contributed by atoms with Crippen LogP contribution in [0, 0.1) is 31.0 Å². The third-order valence-electron chi connectivity index (χ3n) is 4.90. The smallest absolute Gasteiger partial charge is 0.266 e. The third-order valence-corrected chi connectivity index (χ3v) is 4.90. The predicted octanol–water partition coefficient (Wildman–Crippen LogP) is 5.01. The summed E-state index contributed by atoms with van der Waals surface area (Å²) in [4.78, 5) is 24.6. The maximum Gasteiger partial charge on any atom is 0.266 e. The summed E-state index contributed by atoms with van der Waals surface area (Å²) in [7, 11) is 0. The maximum absolute atomic E-state index is 13.6. The van der Waals surface area contributed by atoms with Gasteiger partial charge in [0.15, 0.2) is 6.61 Å². The number of hydrogen-bond donors (Lipinski definition) is 2. The lowest BCUT2D eigenvalue weighted by molar-refractivity contribution is -0.118. The lowest BCUT2D eigenvalue weighted by Crippen LogP contribution is -2.20. The highest BCUT2D eigenvalue weighted by atomic mass is 19.1. The number of ether oxygens (including phenoxy) is 1. The highest BCUT2D eigenvalue weighted by Crippen LogP contribution is 2.20. The van der Waals surface area contributed by atoms with Crippen LogP contribution in [-0.2, 0) is 9.59 Å². The highest BCUT2D eigenvalue weighted by molar-refractivity contribution is 6.10. The van der Waals surface area contributed by atoms with Crippen molar-refractivity contribution in [2.75, 3.05) is 17.2 Å². The topological polar surface area (TPSA) is 91.2 Å². The molecule has 3 aromatic rings. The van der Waals surface area contributed by atoms with Crippen molar-refractivity contribution in [1.29, 1.82) is 5.26 Å². The van der Waals surface area contributed by atoms with E-state index >= 15 is 0 Å². The molecule has 0 aliphatic rings. The van der Waals surface area contributed by atoms with Crippen LogP contribution in [0.5, 0.6) is 5.75 Å². The first-order valence-corrected chi connectivity index (χ1v) is 10.1. The Labute approximate surface area is 191 Å². The molecule has 0 saturated heterocycles. The van der Waals surface area contributed by atoms with Gasteiger partial charge in [-0.1, -0.05) is 36.4 Å². The molecule has 33 heavy (non-hydrogen) atoms. The first-order chi connectivity index (χ1) is 15.9. The fraction of sp³-hybridized carbons (Fsp3) is 0.115. The molecule has 2 amide bonds. The fourth-order valence-electron chi connectivity index (χ4n) is 2.98. The summed E-state index contributed by atoms with van der Waals surface area (Å²) in [5.74, 6) is -1.23. The molecule has 3 aromatic carbocycles. The number of carbonyl (C=O) groups is 2. The standard InChI is InChI=1S/C26H22FN3O3/c1-17-7-5-12-23(18(17)2)30-26(32)20(15-28)13-19-8-6-9-21(14-19)33-16-25(31)29-24-11-4-3-10-22(24)27/h3-14H,16H2,1-2H3,(H,29,31)(H,30,32). The van der Waals surface area contributed by atoms with Gasteiger partial charge in [0.05, 0.1) is 5.69 Å². The minimum absolute atomic E-state index is 0.0660. The second-order valence-corrected chi connectivity index (χ2v) is 7.26. The van der Waals surface area contributed by atoms with Gasteiger partial charge < -0.3 is 15.4 Å². The Morgan fingerprint density at radius 1 is 1.00 bits per heavy atom.